The van der Waals surface area contributed by atoms with E-state index in [9.17, 15) is 18.3 Å². The predicted molar refractivity (Wildman–Crippen MR) is 77.4 cm³/mol. The van der Waals surface area contributed by atoms with Gasteiger partial charge in [0.05, 0.1) is 10.7 Å². The maximum absolute atomic E-state index is 11.9. The molecule has 1 saturated heterocycles. The van der Waals surface area contributed by atoms with E-state index in [1.54, 1.807) is 0 Å². The van der Waals surface area contributed by atoms with E-state index in [4.69, 9.17) is 0 Å². The summed E-state index contributed by atoms with van der Waals surface area (Å²) in [5.41, 5.74) is -0.692. The maximum Gasteiger partial charge on any atom is 0.310 e. The summed E-state index contributed by atoms with van der Waals surface area (Å²) in [4.78, 5) is 13.7. The highest BCUT2D eigenvalue weighted by atomic mass is 32.2. The molecular weight excluding hydrogens is 278 g/mol. The molecule has 0 radical (unpaired) electrons. The summed E-state index contributed by atoms with van der Waals surface area (Å²) in [5, 5.41) is 9.21. The Labute approximate surface area is 121 Å². The molecule has 116 valence electrons. The third-order valence-corrected chi connectivity index (χ3v) is 6.82. The molecule has 3 atom stereocenters. The van der Waals surface area contributed by atoms with Gasteiger partial charge in [0.15, 0.2) is 9.84 Å². The molecule has 1 aliphatic heterocycles. The van der Waals surface area contributed by atoms with Crippen molar-refractivity contribution in [3.05, 3.63) is 0 Å². The standard InChI is InChI=1S/C14H25NO4S/c1-3-14(13(16)17)8-5-9-15(10-14)11-6-4-7-12(11)20(2,18)19/h11-12H,3-10H2,1-2H3,(H,16,17). The van der Waals surface area contributed by atoms with Crippen LogP contribution in [0.15, 0.2) is 0 Å². The average molecular weight is 303 g/mol. The molecule has 0 spiro atoms. The number of likely N-dealkylation sites (tertiary alicyclic amines) is 1. The van der Waals surface area contributed by atoms with E-state index in [1.165, 1.54) is 6.26 Å². The van der Waals surface area contributed by atoms with E-state index in [1.807, 2.05) is 6.92 Å². The van der Waals surface area contributed by atoms with Crippen LogP contribution < -0.4 is 0 Å². The van der Waals surface area contributed by atoms with Gasteiger partial charge in [0.1, 0.15) is 0 Å². The Morgan fingerprint density at radius 2 is 2.05 bits per heavy atom. The summed E-state index contributed by atoms with van der Waals surface area (Å²) < 4.78 is 23.8. The zero-order valence-electron chi connectivity index (χ0n) is 12.3. The van der Waals surface area contributed by atoms with Crippen molar-refractivity contribution in [3.63, 3.8) is 0 Å². The number of rotatable bonds is 4. The lowest BCUT2D eigenvalue weighted by molar-refractivity contribution is -0.153. The largest absolute Gasteiger partial charge is 0.481 e. The van der Waals surface area contributed by atoms with Crippen LogP contribution in [0.5, 0.6) is 0 Å². The van der Waals surface area contributed by atoms with Crippen LogP contribution >= 0.6 is 0 Å². The summed E-state index contributed by atoms with van der Waals surface area (Å²) in [6.45, 7) is 3.24. The van der Waals surface area contributed by atoms with Gasteiger partial charge in [0.25, 0.3) is 0 Å². The van der Waals surface area contributed by atoms with E-state index in [-0.39, 0.29) is 11.3 Å². The minimum atomic E-state index is -3.05. The fraction of sp³-hybridized carbons (Fsp3) is 0.929. The van der Waals surface area contributed by atoms with Crippen molar-refractivity contribution >= 4 is 15.8 Å². The van der Waals surface area contributed by atoms with E-state index >= 15 is 0 Å². The van der Waals surface area contributed by atoms with Crippen LogP contribution in [0.25, 0.3) is 0 Å². The van der Waals surface area contributed by atoms with Crippen LogP contribution in [0.4, 0.5) is 0 Å². The molecule has 0 aromatic heterocycles. The van der Waals surface area contributed by atoms with Crippen molar-refractivity contribution in [3.8, 4) is 0 Å². The van der Waals surface area contributed by atoms with Crippen molar-refractivity contribution in [2.45, 2.75) is 56.7 Å². The second-order valence-corrected chi connectivity index (χ2v) is 8.64. The number of nitrogens with zero attached hydrogens (tertiary/aromatic N) is 1. The van der Waals surface area contributed by atoms with Gasteiger partial charge in [-0.25, -0.2) is 8.42 Å². The Kier molecular flexibility index (Phi) is 4.44. The molecule has 5 nitrogen and oxygen atoms in total. The number of carboxylic acids is 1. The zero-order chi connectivity index (χ0) is 15.0. The van der Waals surface area contributed by atoms with Crippen molar-refractivity contribution in [1.29, 1.82) is 0 Å². The Balaban J connectivity index is 2.18. The van der Waals surface area contributed by atoms with Crippen LogP contribution in [0.3, 0.4) is 0 Å². The number of carbonyl (C=O) groups is 1. The quantitative estimate of drug-likeness (QED) is 0.852. The van der Waals surface area contributed by atoms with Crippen molar-refractivity contribution in [2.24, 2.45) is 5.41 Å². The molecule has 2 fully saturated rings. The number of sulfone groups is 1. The van der Waals surface area contributed by atoms with Crippen LogP contribution in [-0.2, 0) is 14.6 Å². The Bertz CT molecular complexity index is 476. The molecule has 3 unspecified atom stereocenters. The van der Waals surface area contributed by atoms with Crippen molar-refractivity contribution < 1.29 is 18.3 Å². The third-order valence-electron chi connectivity index (χ3n) is 5.17. The summed E-state index contributed by atoms with van der Waals surface area (Å²) >= 11 is 0. The first-order chi connectivity index (χ1) is 9.30. The highest BCUT2D eigenvalue weighted by Crippen LogP contribution is 2.38. The molecule has 0 aromatic carbocycles. The van der Waals surface area contributed by atoms with Gasteiger partial charge in [-0.05, 0) is 38.6 Å². The van der Waals surface area contributed by atoms with E-state index in [0.29, 0.717) is 25.8 Å². The average Bonchev–Trinajstić information content (AvgIpc) is 2.87. The molecule has 1 aliphatic carbocycles. The lowest BCUT2D eigenvalue weighted by atomic mass is 9.77. The second kappa shape index (κ2) is 5.64. The minimum absolute atomic E-state index is 0.00979. The smallest absolute Gasteiger partial charge is 0.310 e. The fourth-order valence-corrected chi connectivity index (χ4v) is 5.36. The van der Waals surface area contributed by atoms with Crippen molar-refractivity contribution in [1.82, 2.24) is 4.90 Å². The van der Waals surface area contributed by atoms with Gasteiger partial charge in [-0.1, -0.05) is 13.3 Å². The van der Waals surface area contributed by atoms with Crippen molar-refractivity contribution in [2.75, 3.05) is 19.3 Å². The van der Waals surface area contributed by atoms with Gasteiger partial charge in [0.2, 0.25) is 0 Å². The predicted octanol–water partition coefficient (Wildman–Crippen LogP) is 1.53. The molecule has 20 heavy (non-hydrogen) atoms. The molecule has 1 N–H and O–H groups in total. The molecule has 0 bridgehead atoms. The first kappa shape index (κ1) is 15.8. The number of hydrogen-bond acceptors (Lipinski definition) is 4. The third kappa shape index (κ3) is 2.86. The summed E-state index contributed by atoms with van der Waals surface area (Å²) in [6.07, 6.45) is 5.96. The molecule has 2 rings (SSSR count). The van der Waals surface area contributed by atoms with E-state index < -0.39 is 21.2 Å². The zero-order valence-corrected chi connectivity index (χ0v) is 13.2. The summed E-state index contributed by atoms with van der Waals surface area (Å²) in [7, 11) is -3.05. The van der Waals surface area contributed by atoms with Crippen LogP contribution in [0, 0.1) is 5.41 Å². The fourth-order valence-electron chi connectivity index (χ4n) is 3.89. The lowest BCUT2D eigenvalue weighted by Gasteiger charge is -2.43. The van der Waals surface area contributed by atoms with Crippen LogP contribution in [0.1, 0.15) is 45.4 Å². The van der Waals surface area contributed by atoms with Gasteiger partial charge < -0.3 is 5.11 Å². The molecule has 6 heteroatoms. The van der Waals surface area contributed by atoms with Gasteiger partial charge >= 0.3 is 5.97 Å². The number of piperidine rings is 1. The summed E-state index contributed by atoms with van der Waals surface area (Å²) in [5.74, 6) is -0.737. The highest BCUT2D eigenvalue weighted by Gasteiger charge is 2.46. The lowest BCUT2D eigenvalue weighted by Crippen LogP contribution is -2.53. The SMILES string of the molecule is CCC1(C(=O)O)CCCN(C2CCCC2S(C)(=O)=O)C1. The monoisotopic (exact) mass is 303 g/mol. The Hall–Kier alpha value is -0.620. The molecule has 2 aliphatic rings. The Morgan fingerprint density at radius 1 is 1.35 bits per heavy atom. The topological polar surface area (TPSA) is 74.7 Å². The first-order valence-electron chi connectivity index (χ1n) is 7.46. The normalized spacial score (nSPS) is 36.1. The van der Waals surface area contributed by atoms with Gasteiger partial charge in [-0.2, -0.15) is 0 Å². The molecule has 1 saturated carbocycles. The second-order valence-electron chi connectivity index (χ2n) is 6.38. The van der Waals surface area contributed by atoms with Gasteiger partial charge in [-0.3, -0.25) is 9.69 Å². The van der Waals surface area contributed by atoms with Crippen LogP contribution in [-0.4, -0.2) is 55.0 Å². The highest BCUT2D eigenvalue weighted by molar-refractivity contribution is 7.91. The molecule has 0 aromatic rings. The first-order valence-corrected chi connectivity index (χ1v) is 9.42. The molecular formula is C14H25NO4S. The number of carboxylic acid groups (broad SMARTS) is 1. The maximum atomic E-state index is 11.9. The Morgan fingerprint density at radius 3 is 2.60 bits per heavy atom. The number of hydrogen-bond donors (Lipinski definition) is 1. The number of aliphatic carboxylic acids is 1. The van der Waals surface area contributed by atoms with E-state index in [0.717, 1.165) is 25.8 Å². The van der Waals surface area contributed by atoms with Gasteiger partial charge in [0, 0.05) is 18.8 Å². The minimum Gasteiger partial charge on any atom is -0.481 e. The van der Waals surface area contributed by atoms with Crippen LogP contribution in [0.2, 0.25) is 0 Å². The van der Waals surface area contributed by atoms with Gasteiger partial charge in [-0.15, -0.1) is 0 Å². The molecule has 0 amide bonds. The van der Waals surface area contributed by atoms with E-state index in [2.05, 4.69) is 4.90 Å². The molecule has 1 heterocycles. The summed E-state index contributed by atoms with van der Waals surface area (Å²) in [6, 6.07) is 0.00979.